The molecule has 1 heterocycles. The van der Waals surface area contributed by atoms with Crippen LogP contribution in [0.3, 0.4) is 0 Å². The van der Waals surface area contributed by atoms with E-state index in [-0.39, 0.29) is 12.0 Å². The standard InChI is InChI=1S/C15H22N2O2/c1-12(2)19-15-6-4-14(5-7-15)17-10-8-16(9-11-17)13(3)18/h4-7,12H,8-11H2,1-3H3. The lowest BCUT2D eigenvalue weighted by atomic mass is 10.2. The molecule has 104 valence electrons. The third-order valence-electron chi connectivity index (χ3n) is 3.30. The van der Waals surface area contributed by atoms with Gasteiger partial charge >= 0.3 is 0 Å². The monoisotopic (exact) mass is 262 g/mol. The van der Waals surface area contributed by atoms with Gasteiger partial charge in [-0.05, 0) is 38.1 Å². The van der Waals surface area contributed by atoms with Crippen molar-refractivity contribution < 1.29 is 9.53 Å². The molecule has 0 bridgehead atoms. The molecule has 19 heavy (non-hydrogen) atoms. The van der Waals surface area contributed by atoms with Gasteiger partial charge in [0.2, 0.25) is 5.91 Å². The lowest BCUT2D eigenvalue weighted by Gasteiger charge is -2.35. The fourth-order valence-corrected chi connectivity index (χ4v) is 2.29. The molecular weight excluding hydrogens is 240 g/mol. The Balaban J connectivity index is 1.94. The molecule has 1 aliphatic rings. The average Bonchev–Trinajstić information content (AvgIpc) is 2.39. The summed E-state index contributed by atoms with van der Waals surface area (Å²) in [4.78, 5) is 15.5. The van der Waals surface area contributed by atoms with Gasteiger partial charge in [-0.2, -0.15) is 0 Å². The van der Waals surface area contributed by atoms with Crippen LogP contribution in [0.5, 0.6) is 5.75 Å². The van der Waals surface area contributed by atoms with Crippen LogP contribution in [0.4, 0.5) is 5.69 Å². The third kappa shape index (κ3) is 3.63. The average molecular weight is 262 g/mol. The first-order valence-corrected chi connectivity index (χ1v) is 6.83. The Kier molecular flexibility index (Phi) is 4.30. The van der Waals surface area contributed by atoms with E-state index in [1.807, 2.05) is 30.9 Å². The van der Waals surface area contributed by atoms with E-state index in [1.54, 1.807) is 6.92 Å². The second-order valence-electron chi connectivity index (χ2n) is 5.15. The molecule has 0 atom stereocenters. The van der Waals surface area contributed by atoms with Gasteiger partial charge in [0.1, 0.15) is 5.75 Å². The lowest BCUT2D eigenvalue weighted by molar-refractivity contribution is -0.129. The van der Waals surface area contributed by atoms with E-state index in [0.717, 1.165) is 31.9 Å². The number of carbonyl (C=O) groups is 1. The summed E-state index contributed by atoms with van der Waals surface area (Å²) in [7, 11) is 0. The van der Waals surface area contributed by atoms with E-state index < -0.39 is 0 Å². The molecule has 0 aliphatic carbocycles. The van der Waals surface area contributed by atoms with Crippen LogP contribution in [-0.4, -0.2) is 43.1 Å². The van der Waals surface area contributed by atoms with E-state index in [9.17, 15) is 4.79 Å². The van der Waals surface area contributed by atoms with E-state index >= 15 is 0 Å². The first-order valence-electron chi connectivity index (χ1n) is 6.83. The maximum Gasteiger partial charge on any atom is 0.219 e. The number of anilines is 1. The highest BCUT2D eigenvalue weighted by Crippen LogP contribution is 2.21. The quantitative estimate of drug-likeness (QED) is 0.836. The summed E-state index contributed by atoms with van der Waals surface area (Å²) in [5, 5.41) is 0. The molecular formula is C15H22N2O2. The van der Waals surface area contributed by atoms with Crippen LogP contribution in [0.15, 0.2) is 24.3 Å². The van der Waals surface area contributed by atoms with Crippen LogP contribution in [0.1, 0.15) is 20.8 Å². The number of rotatable bonds is 3. The molecule has 0 spiro atoms. The minimum atomic E-state index is 0.167. The zero-order valence-corrected chi connectivity index (χ0v) is 11.9. The van der Waals surface area contributed by atoms with Gasteiger partial charge in [0.05, 0.1) is 6.10 Å². The molecule has 4 heteroatoms. The van der Waals surface area contributed by atoms with Gasteiger partial charge in [0, 0.05) is 38.8 Å². The smallest absolute Gasteiger partial charge is 0.219 e. The molecule has 1 saturated heterocycles. The van der Waals surface area contributed by atoms with Crippen molar-refractivity contribution >= 4 is 11.6 Å². The second-order valence-corrected chi connectivity index (χ2v) is 5.15. The fourth-order valence-electron chi connectivity index (χ4n) is 2.29. The van der Waals surface area contributed by atoms with E-state index in [2.05, 4.69) is 17.0 Å². The Morgan fingerprint density at radius 1 is 1.11 bits per heavy atom. The van der Waals surface area contributed by atoms with Gasteiger partial charge in [-0.15, -0.1) is 0 Å². The van der Waals surface area contributed by atoms with Gasteiger partial charge in [0.15, 0.2) is 0 Å². The number of benzene rings is 1. The third-order valence-corrected chi connectivity index (χ3v) is 3.30. The van der Waals surface area contributed by atoms with Crippen molar-refractivity contribution in [3.63, 3.8) is 0 Å². The Morgan fingerprint density at radius 2 is 1.68 bits per heavy atom. The first-order chi connectivity index (χ1) is 9.06. The number of hydrogen-bond donors (Lipinski definition) is 0. The highest BCUT2D eigenvalue weighted by Gasteiger charge is 2.18. The molecule has 1 fully saturated rings. The SMILES string of the molecule is CC(=O)N1CCN(c2ccc(OC(C)C)cc2)CC1. The summed E-state index contributed by atoms with van der Waals surface area (Å²) in [5.41, 5.74) is 1.19. The summed E-state index contributed by atoms with van der Waals surface area (Å²) < 4.78 is 5.63. The van der Waals surface area contributed by atoms with Gasteiger partial charge < -0.3 is 14.5 Å². The van der Waals surface area contributed by atoms with E-state index in [1.165, 1.54) is 5.69 Å². The molecule has 1 amide bonds. The molecule has 0 N–H and O–H groups in total. The van der Waals surface area contributed by atoms with E-state index in [0.29, 0.717) is 0 Å². The lowest BCUT2D eigenvalue weighted by Crippen LogP contribution is -2.48. The maximum atomic E-state index is 11.3. The number of hydrogen-bond acceptors (Lipinski definition) is 3. The Hall–Kier alpha value is -1.71. The zero-order valence-electron chi connectivity index (χ0n) is 11.9. The van der Waals surface area contributed by atoms with Gasteiger partial charge in [0.25, 0.3) is 0 Å². The summed E-state index contributed by atoms with van der Waals surface area (Å²) in [5.74, 6) is 1.07. The number of nitrogens with zero attached hydrogens (tertiary/aromatic N) is 2. The minimum Gasteiger partial charge on any atom is -0.491 e. The van der Waals surface area contributed by atoms with Crippen LogP contribution < -0.4 is 9.64 Å². The van der Waals surface area contributed by atoms with Crippen LogP contribution in [0.25, 0.3) is 0 Å². The molecule has 0 aromatic heterocycles. The summed E-state index contributed by atoms with van der Waals surface area (Å²) in [6.45, 7) is 9.07. The Morgan fingerprint density at radius 3 is 2.16 bits per heavy atom. The zero-order chi connectivity index (χ0) is 13.8. The second kappa shape index (κ2) is 5.95. The summed E-state index contributed by atoms with van der Waals surface area (Å²) in [6.07, 6.45) is 0.199. The van der Waals surface area contributed by atoms with Crippen LogP contribution in [-0.2, 0) is 4.79 Å². The highest BCUT2D eigenvalue weighted by molar-refractivity contribution is 5.73. The Bertz CT molecular complexity index is 420. The normalized spacial score (nSPS) is 15.8. The predicted molar refractivity (Wildman–Crippen MR) is 76.7 cm³/mol. The van der Waals surface area contributed by atoms with Crippen LogP contribution in [0.2, 0.25) is 0 Å². The molecule has 0 unspecified atom stereocenters. The van der Waals surface area contributed by atoms with Crippen LogP contribution >= 0.6 is 0 Å². The number of amides is 1. The molecule has 2 rings (SSSR count). The number of piperazine rings is 1. The molecule has 0 radical (unpaired) electrons. The van der Waals surface area contributed by atoms with Crippen LogP contribution in [0, 0.1) is 0 Å². The van der Waals surface area contributed by atoms with Crippen molar-refractivity contribution in [1.82, 2.24) is 4.90 Å². The Labute approximate surface area is 115 Å². The van der Waals surface area contributed by atoms with Crippen molar-refractivity contribution in [3.05, 3.63) is 24.3 Å². The molecule has 1 aliphatic heterocycles. The van der Waals surface area contributed by atoms with Gasteiger partial charge in [-0.25, -0.2) is 0 Å². The fraction of sp³-hybridized carbons (Fsp3) is 0.533. The summed E-state index contributed by atoms with van der Waals surface area (Å²) >= 11 is 0. The minimum absolute atomic E-state index is 0.167. The van der Waals surface area contributed by atoms with Crippen molar-refractivity contribution in [3.8, 4) is 5.75 Å². The predicted octanol–water partition coefficient (Wildman–Crippen LogP) is 2.14. The van der Waals surface area contributed by atoms with Crippen molar-refractivity contribution in [2.45, 2.75) is 26.9 Å². The molecule has 1 aromatic rings. The highest BCUT2D eigenvalue weighted by atomic mass is 16.5. The molecule has 1 aromatic carbocycles. The first kappa shape index (κ1) is 13.7. The summed E-state index contributed by atoms with van der Waals surface area (Å²) in [6, 6.07) is 8.18. The van der Waals surface area contributed by atoms with E-state index in [4.69, 9.17) is 4.74 Å². The largest absolute Gasteiger partial charge is 0.491 e. The molecule has 0 saturated carbocycles. The van der Waals surface area contributed by atoms with Crippen molar-refractivity contribution in [1.29, 1.82) is 0 Å². The number of carbonyl (C=O) groups excluding carboxylic acids is 1. The van der Waals surface area contributed by atoms with Crippen molar-refractivity contribution in [2.24, 2.45) is 0 Å². The number of ether oxygens (including phenoxy) is 1. The van der Waals surface area contributed by atoms with Gasteiger partial charge in [-0.3, -0.25) is 4.79 Å². The maximum absolute atomic E-state index is 11.3. The molecule has 4 nitrogen and oxygen atoms in total. The van der Waals surface area contributed by atoms with Gasteiger partial charge in [-0.1, -0.05) is 0 Å². The van der Waals surface area contributed by atoms with Crippen molar-refractivity contribution in [2.75, 3.05) is 31.1 Å². The topological polar surface area (TPSA) is 32.8 Å².